The first-order valence-electron chi connectivity index (χ1n) is 8.44. The Hall–Kier alpha value is -4.08. The van der Waals surface area contributed by atoms with E-state index in [1.807, 2.05) is 0 Å². The minimum atomic E-state index is -1.13. The average molecular weight is 396 g/mol. The molecule has 0 aliphatic carbocycles. The van der Waals surface area contributed by atoms with E-state index in [0.29, 0.717) is 11.0 Å². The van der Waals surface area contributed by atoms with Gasteiger partial charge in [0.05, 0.1) is 40.4 Å². The second kappa shape index (κ2) is 8.30. The Morgan fingerprint density at radius 2 is 1.83 bits per heavy atom. The van der Waals surface area contributed by atoms with Gasteiger partial charge in [0.1, 0.15) is 5.75 Å². The number of nitro benzene ring substituents is 1. The third kappa shape index (κ3) is 4.43. The largest absolute Gasteiger partial charge is 0.494 e. The minimum Gasteiger partial charge on any atom is -0.494 e. The molecule has 0 radical (unpaired) electrons. The second-order valence-electron chi connectivity index (χ2n) is 5.94. The molecular formula is C19H16N4O6. The zero-order valence-corrected chi connectivity index (χ0v) is 15.5. The molecule has 1 N–H and O–H groups in total. The van der Waals surface area contributed by atoms with Crippen molar-refractivity contribution >= 4 is 34.3 Å². The van der Waals surface area contributed by atoms with Crippen LogP contribution in [-0.4, -0.2) is 40.0 Å². The minimum absolute atomic E-state index is 0.110. The number of aromatic nitrogens is 2. The highest BCUT2D eigenvalue weighted by Gasteiger charge is 2.21. The first kappa shape index (κ1) is 19.7. The fourth-order valence-electron chi connectivity index (χ4n) is 2.50. The summed E-state index contributed by atoms with van der Waals surface area (Å²) >= 11 is 0. The lowest BCUT2D eigenvalue weighted by molar-refractivity contribution is -0.384. The van der Waals surface area contributed by atoms with Crippen LogP contribution in [0, 0.1) is 10.1 Å². The van der Waals surface area contributed by atoms with Gasteiger partial charge in [-0.2, -0.15) is 0 Å². The third-order valence-electron chi connectivity index (χ3n) is 4.01. The molecule has 0 saturated heterocycles. The average Bonchev–Trinajstić information content (AvgIpc) is 2.73. The molecule has 1 atom stereocenters. The van der Waals surface area contributed by atoms with Crippen LogP contribution in [0.25, 0.3) is 11.0 Å². The lowest BCUT2D eigenvalue weighted by Crippen LogP contribution is -2.30. The Labute approximate surface area is 164 Å². The van der Waals surface area contributed by atoms with Gasteiger partial charge in [-0.15, -0.1) is 0 Å². The molecule has 148 valence electrons. The summed E-state index contributed by atoms with van der Waals surface area (Å²) in [5.74, 6) is -1.21. The van der Waals surface area contributed by atoms with Crippen molar-refractivity contribution in [3.8, 4) is 5.75 Å². The Kier molecular flexibility index (Phi) is 5.63. The zero-order chi connectivity index (χ0) is 21.0. The molecule has 3 aromatic rings. The number of anilines is 1. The number of esters is 1. The standard InChI is InChI=1S/C19H16N4O6/c1-11(18(24)22-15-6-4-13(23(26)27)10-17(15)28-2)29-19(25)12-3-5-14-16(9-12)21-8-7-20-14/h3-11H,1-2H3,(H,22,24)/t11-/m0/s1. The lowest BCUT2D eigenvalue weighted by Gasteiger charge is -2.15. The van der Waals surface area contributed by atoms with Gasteiger partial charge in [-0.25, -0.2) is 4.79 Å². The van der Waals surface area contributed by atoms with Crippen LogP contribution in [0.1, 0.15) is 17.3 Å². The summed E-state index contributed by atoms with van der Waals surface area (Å²) in [5.41, 5.74) is 1.41. The first-order valence-corrected chi connectivity index (χ1v) is 8.44. The van der Waals surface area contributed by atoms with Crippen LogP contribution >= 0.6 is 0 Å². The van der Waals surface area contributed by atoms with Gasteiger partial charge >= 0.3 is 5.97 Å². The summed E-state index contributed by atoms with van der Waals surface area (Å²) in [4.78, 5) is 43.2. The summed E-state index contributed by atoms with van der Waals surface area (Å²) in [6.45, 7) is 1.41. The molecule has 10 heteroatoms. The second-order valence-corrected chi connectivity index (χ2v) is 5.94. The van der Waals surface area contributed by atoms with E-state index in [9.17, 15) is 19.7 Å². The van der Waals surface area contributed by atoms with Gasteiger partial charge in [-0.3, -0.25) is 24.9 Å². The fourth-order valence-corrected chi connectivity index (χ4v) is 2.50. The van der Waals surface area contributed by atoms with E-state index < -0.39 is 22.9 Å². The predicted octanol–water partition coefficient (Wildman–Crippen LogP) is 2.73. The number of non-ortho nitro benzene ring substituents is 1. The molecule has 0 aliphatic heterocycles. The maximum absolute atomic E-state index is 12.4. The third-order valence-corrected chi connectivity index (χ3v) is 4.01. The van der Waals surface area contributed by atoms with Crippen LogP contribution in [0.5, 0.6) is 5.75 Å². The molecule has 10 nitrogen and oxygen atoms in total. The predicted molar refractivity (Wildman–Crippen MR) is 103 cm³/mol. The Morgan fingerprint density at radius 1 is 1.10 bits per heavy atom. The molecule has 29 heavy (non-hydrogen) atoms. The summed E-state index contributed by atoms with van der Waals surface area (Å²) < 4.78 is 10.3. The summed E-state index contributed by atoms with van der Waals surface area (Å²) in [6.07, 6.45) is 1.92. The number of ether oxygens (including phenoxy) is 2. The quantitative estimate of drug-likeness (QED) is 0.382. The van der Waals surface area contributed by atoms with E-state index in [0.717, 1.165) is 0 Å². The Balaban J connectivity index is 1.69. The van der Waals surface area contributed by atoms with Crippen molar-refractivity contribution in [3.05, 3.63) is 64.5 Å². The molecule has 2 aromatic carbocycles. The number of amides is 1. The molecule has 0 bridgehead atoms. The van der Waals surface area contributed by atoms with Gasteiger partial charge in [0, 0.05) is 18.5 Å². The maximum atomic E-state index is 12.4. The molecule has 1 aromatic heterocycles. The van der Waals surface area contributed by atoms with Crippen LogP contribution in [0.15, 0.2) is 48.8 Å². The highest BCUT2D eigenvalue weighted by atomic mass is 16.6. The number of benzene rings is 2. The molecular weight excluding hydrogens is 380 g/mol. The van der Waals surface area contributed by atoms with Crippen molar-refractivity contribution in [1.82, 2.24) is 9.97 Å². The van der Waals surface area contributed by atoms with Gasteiger partial charge < -0.3 is 14.8 Å². The Bertz CT molecular complexity index is 1100. The van der Waals surface area contributed by atoms with Gasteiger partial charge in [-0.05, 0) is 31.2 Å². The summed E-state index contributed by atoms with van der Waals surface area (Å²) in [6, 6.07) is 8.43. The number of hydrogen-bond acceptors (Lipinski definition) is 8. The maximum Gasteiger partial charge on any atom is 0.338 e. The van der Waals surface area contributed by atoms with E-state index in [2.05, 4.69) is 15.3 Å². The molecule has 0 unspecified atom stereocenters. The number of carbonyl (C=O) groups is 2. The molecule has 3 rings (SSSR count). The van der Waals surface area contributed by atoms with Gasteiger partial charge in [0.15, 0.2) is 6.10 Å². The first-order chi connectivity index (χ1) is 13.9. The number of hydrogen-bond donors (Lipinski definition) is 1. The summed E-state index contributed by atoms with van der Waals surface area (Å²) in [5, 5.41) is 13.4. The van der Waals surface area contributed by atoms with E-state index in [1.54, 1.807) is 12.3 Å². The van der Waals surface area contributed by atoms with Crippen molar-refractivity contribution in [2.75, 3.05) is 12.4 Å². The van der Waals surface area contributed by atoms with E-state index in [1.165, 1.54) is 50.6 Å². The molecule has 0 fully saturated rings. The normalized spacial score (nSPS) is 11.5. The Morgan fingerprint density at radius 3 is 2.52 bits per heavy atom. The molecule has 0 aliphatic rings. The highest BCUT2D eigenvalue weighted by molar-refractivity contribution is 5.99. The topological polar surface area (TPSA) is 134 Å². The van der Waals surface area contributed by atoms with Crippen molar-refractivity contribution in [3.63, 3.8) is 0 Å². The number of nitrogens with zero attached hydrogens (tertiary/aromatic N) is 3. The smallest absolute Gasteiger partial charge is 0.338 e. The number of rotatable bonds is 6. The summed E-state index contributed by atoms with van der Waals surface area (Å²) in [7, 11) is 1.32. The van der Waals surface area contributed by atoms with E-state index in [4.69, 9.17) is 9.47 Å². The van der Waals surface area contributed by atoms with Crippen molar-refractivity contribution in [2.24, 2.45) is 0 Å². The van der Waals surface area contributed by atoms with Gasteiger partial charge in [0.25, 0.3) is 11.6 Å². The van der Waals surface area contributed by atoms with Crippen molar-refractivity contribution < 1.29 is 24.0 Å². The molecule has 0 spiro atoms. The number of fused-ring (bicyclic) bond motifs is 1. The van der Waals surface area contributed by atoms with Gasteiger partial charge in [-0.1, -0.05) is 0 Å². The highest BCUT2D eigenvalue weighted by Crippen LogP contribution is 2.29. The number of methoxy groups -OCH3 is 1. The van der Waals surface area contributed by atoms with Crippen LogP contribution in [0.3, 0.4) is 0 Å². The monoisotopic (exact) mass is 396 g/mol. The molecule has 1 amide bonds. The number of carbonyl (C=O) groups excluding carboxylic acids is 2. The van der Waals surface area contributed by atoms with E-state index in [-0.39, 0.29) is 22.7 Å². The van der Waals surface area contributed by atoms with Crippen molar-refractivity contribution in [1.29, 1.82) is 0 Å². The van der Waals surface area contributed by atoms with Gasteiger partial charge in [0.2, 0.25) is 0 Å². The van der Waals surface area contributed by atoms with Crippen LogP contribution in [0.2, 0.25) is 0 Å². The number of nitro groups is 1. The fraction of sp³-hybridized carbons (Fsp3) is 0.158. The lowest BCUT2D eigenvalue weighted by atomic mass is 10.2. The zero-order valence-electron chi connectivity index (χ0n) is 15.5. The van der Waals surface area contributed by atoms with Crippen LogP contribution < -0.4 is 10.1 Å². The molecule has 0 saturated carbocycles. The van der Waals surface area contributed by atoms with E-state index >= 15 is 0 Å². The van der Waals surface area contributed by atoms with Crippen LogP contribution in [0.4, 0.5) is 11.4 Å². The molecule has 1 heterocycles. The van der Waals surface area contributed by atoms with Crippen LogP contribution in [-0.2, 0) is 9.53 Å². The number of nitrogens with one attached hydrogen (secondary N) is 1. The SMILES string of the molecule is COc1cc([N+](=O)[O-])ccc1NC(=O)[C@H](C)OC(=O)c1ccc2nccnc2c1. The van der Waals surface area contributed by atoms with Crippen molar-refractivity contribution in [2.45, 2.75) is 13.0 Å².